The molecule has 0 spiro atoms. The number of aliphatic carboxylic acids is 1. The lowest BCUT2D eigenvalue weighted by atomic mass is 10.0. The van der Waals surface area contributed by atoms with E-state index in [0.29, 0.717) is 18.4 Å². The van der Waals surface area contributed by atoms with Crippen molar-refractivity contribution in [1.82, 2.24) is 4.98 Å². The molecule has 5 unspecified atom stereocenters. The number of ether oxygens (including phenoxy) is 3. The van der Waals surface area contributed by atoms with Crippen LogP contribution in [-0.2, 0) is 19.0 Å². The number of carboxylic acid groups (broad SMARTS) is 1. The number of carbonyl (C=O) groups is 2. The normalized spacial score (nSPS) is 25.6. The highest BCUT2D eigenvalue weighted by Crippen LogP contribution is 2.27. The van der Waals surface area contributed by atoms with Gasteiger partial charge in [0.05, 0.1) is 17.8 Å². The first-order chi connectivity index (χ1) is 13.8. The zero-order valence-electron chi connectivity index (χ0n) is 16.5. The zero-order chi connectivity index (χ0) is 21.0. The second kappa shape index (κ2) is 9.39. The summed E-state index contributed by atoms with van der Waals surface area (Å²) in [6.45, 7) is 3.58. The van der Waals surface area contributed by atoms with Gasteiger partial charge in [-0.3, -0.25) is 4.79 Å². The standard InChI is InChI=1S/C21H27NO7/c1-12(6-5-9-19(24)25)27-21-17(23)10-18(13(2)28-21)29-20(26)15-11-22-16-8-4-3-7-14(15)16/h3-4,7-8,11-13,17-18,21-23H,5-6,9-10H2,1-2H3,(H,24,25). The molecule has 2 aromatic rings. The van der Waals surface area contributed by atoms with Gasteiger partial charge in [-0.25, -0.2) is 4.79 Å². The molecule has 3 N–H and O–H groups in total. The molecule has 8 nitrogen and oxygen atoms in total. The predicted molar refractivity (Wildman–Crippen MR) is 104 cm³/mol. The van der Waals surface area contributed by atoms with Gasteiger partial charge in [0, 0.05) is 29.9 Å². The second-order valence-electron chi connectivity index (χ2n) is 7.44. The number of benzene rings is 1. The fourth-order valence-corrected chi connectivity index (χ4v) is 3.48. The molecule has 1 saturated heterocycles. The van der Waals surface area contributed by atoms with Crippen molar-refractivity contribution in [2.75, 3.05) is 0 Å². The number of H-pyrrole nitrogens is 1. The SMILES string of the molecule is CC(CCCC(=O)O)OC1OC(C)C(OC(=O)c2c[nH]c3ccccc23)CC1O. The zero-order valence-corrected chi connectivity index (χ0v) is 16.5. The number of para-hydroxylation sites is 1. The summed E-state index contributed by atoms with van der Waals surface area (Å²) in [5.41, 5.74) is 1.28. The quantitative estimate of drug-likeness (QED) is 0.578. The van der Waals surface area contributed by atoms with Gasteiger partial charge in [0.15, 0.2) is 6.29 Å². The molecular formula is C21H27NO7. The number of nitrogens with one attached hydrogen (secondary N) is 1. The minimum Gasteiger partial charge on any atom is -0.481 e. The van der Waals surface area contributed by atoms with Gasteiger partial charge in [-0.05, 0) is 32.8 Å². The number of fused-ring (bicyclic) bond motifs is 1. The van der Waals surface area contributed by atoms with Crippen molar-refractivity contribution < 1.29 is 34.0 Å². The average Bonchev–Trinajstić information content (AvgIpc) is 3.09. The Labute approximate surface area is 168 Å². The van der Waals surface area contributed by atoms with E-state index >= 15 is 0 Å². The maximum atomic E-state index is 12.6. The van der Waals surface area contributed by atoms with Crippen molar-refractivity contribution in [1.29, 1.82) is 0 Å². The minimum absolute atomic E-state index is 0.0735. The van der Waals surface area contributed by atoms with E-state index in [-0.39, 0.29) is 18.9 Å². The topological polar surface area (TPSA) is 118 Å². The maximum Gasteiger partial charge on any atom is 0.340 e. The van der Waals surface area contributed by atoms with Crippen LogP contribution in [-0.4, -0.2) is 57.8 Å². The van der Waals surface area contributed by atoms with Gasteiger partial charge >= 0.3 is 11.9 Å². The molecule has 0 amide bonds. The molecule has 158 valence electrons. The number of hydrogen-bond acceptors (Lipinski definition) is 6. The van der Waals surface area contributed by atoms with Crippen LogP contribution in [0, 0.1) is 0 Å². The third kappa shape index (κ3) is 5.35. The summed E-state index contributed by atoms with van der Waals surface area (Å²) in [7, 11) is 0. The smallest absolute Gasteiger partial charge is 0.340 e. The maximum absolute atomic E-state index is 12.6. The molecule has 3 rings (SSSR count). The Kier molecular flexibility index (Phi) is 6.89. The van der Waals surface area contributed by atoms with Gasteiger partial charge in [0.25, 0.3) is 0 Å². The van der Waals surface area contributed by atoms with E-state index in [1.807, 2.05) is 31.2 Å². The van der Waals surface area contributed by atoms with Crippen LogP contribution in [0.25, 0.3) is 10.9 Å². The molecule has 0 bridgehead atoms. The first-order valence-corrected chi connectivity index (χ1v) is 9.83. The molecule has 1 aliphatic heterocycles. The van der Waals surface area contributed by atoms with E-state index in [9.17, 15) is 14.7 Å². The van der Waals surface area contributed by atoms with Crippen LogP contribution in [0.1, 0.15) is 49.9 Å². The van der Waals surface area contributed by atoms with Crippen molar-refractivity contribution in [3.8, 4) is 0 Å². The number of aromatic amines is 1. The number of carbonyl (C=O) groups excluding carboxylic acids is 1. The molecule has 1 aliphatic rings. The van der Waals surface area contributed by atoms with Crippen LogP contribution >= 0.6 is 0 Å². The van der Waals surface area contributed by atoms with Crippen LogP contribution in [0.4, 0.5) is 0 Å². The van der Waals surface area contributed by atoms with E-state index in [0.717, 1.165) is 10.9 Å². The Morgan fingerprint density at radius 3 is 2.86 bits per heavy atom. The van der Waals surface area contributed by atoms with Crippen molar-refractivity contribution in [2.24, 2.45) is 0 Å². The van der Waals surface area contributed by atoms with E-state index in [2.05, 4.69) is 4.98 Å². The first-order valence-electron chi connectivity index (χ1n) is 9.83. The molecule has 1 aromatic heterocycles. The minimum atomic E-state index is -0.950. The van der Waals surface area contributed by atoms with Crippen LogP contribution in [0.2, 0.25) is 0 Å². The van der Waals surface area contributed by atoms with Gasteiger partial charge in [-0.15, -0.1) is 0 Å². The number of aromatic nitrogens is 1. The number of hydrogen-bond donors (Lipinski definition) is 3. The molecule has 0 aliphatic carbocycles. The number of aliphatic hydroxyl groups is 1. The lowest BCUT2D eigenvalue weighted by molar-refractivity contribution is -0.273. The van der Waals surface area contributed by atoms with Gasteiger partial charge in [0.1, 0.15) is 12.2 Å². The van der Waals surface area contributed by atoms with Crippen molar-refractivity contribution in [3.63, 3.8) is 0 Å². The van der Waals surface area contributed by atoms with Gasteiger partial charge in [-0.1, -0.05) is 18.2 Å². The molecular weight excluding hydrogens is 378 g/mol. The van der Waals surface area contributed by atoms with Crippen LogP contribution in [0.15, 0.2) is 30.5 Å². The van der Waals surface area contributed by atoms with Gasteiger partial charge in [0.2, 0.25) is 0 Å². The highest BCUT2D eigenvalue weighted by molar-refractivity contribution is 6.04. The number of esters is 1. The van der Waals surface area contributed by atoms with E-state index in [1.54, 1.807) is 13.1 Å². The molecule has 0 saturated carbocycles. The summed E-state index contributed by atoms with van der Waals surface area (Å²) in [5, 5.41) is 19.9. The van der Waals surface area contributed by atoms with E-state index in [1.165, 1.54) is 0 Å². The second-order valence-corrected chi connectivity index (χ2v) is 7.44. The van der Waals surface area contributed by atoms with Gasteiger partial charge in [-0.2, -0.15) is 0 Å². The molecule has 8 heteroatoms. The van der Waals surface area contributed by atoms with Crippen LogP contribution in [0.3, 0.4) is 0 Å². The van der Waals surface area contributed by atoms with E-state index < -0.39 is 36.5 Å². The number of aliphatic hydroxyl groups excluding tert-OH is 1. The van der Waals surface area contributed by atoms with Crippen molar-refractivity contribution in [2.45, 2.75) is 70.2 Å². The Balaban J connectivity index is 1.54. The number of rotatable bonds is 8. The van der Waals surface area contributed by atoms with Crippen LogP contribution < -0.4 is 0 Å². The Hall–Kier alpha value is -2.42. The summed E-state index contributed by atoms with van der Waals surface area (Å²) in [4.78, 5) is 26.3. The van der Waals surface area contributed by atoms with E-state index in [4.69, 9.17) is 19.3 Å². The lowest BCUT2D eigenvalue weighted by Crippen LogP contribution is -2.49. The Morgan fingerprint density at radius 1 is 1.34 bits per heavy atom. The van der Waals surface area contributed by atoms with Crippen molar-refractivity contribution >= 4 is 22.8 Å². The average molecular weight is 405 g/mol. The molecule has 1 aromatic carbocycles. The molecule has 5 atom stereocenters. The molecule has 2 heterocycles. The van der Waals surface area contributed by atoms with Crippen LogP contribution in [0.5, 0.6) is 0 Å². The molecule has 1 fully saturated rings. The van der Waals surface area contributed by atoms with Crippen molar-refractivity contribution in [3.05, 3.63) is 36.0 Å². The van der Waals surface area contributed by atoms with Gasteiger partial charge < -0.3 is 29.4 Å². The Bertz CT molecular complexity index is 848. The fraction of sp³-hybridized carbons (Fsp3) is 0.524. The number of carboxylic acids is 1. The summed E-state index contributed by atoms with van der Waals surface area (Å²) < 4.78 is 17.1. The fourth-order valence-electron chi connectivity index (χ4n) is 3.48. The first kappa shape index (κ1) is 21.3. The summed E-state index contributed by atoms with van der Waals surface area (Å²) in [6.07, 6.45) is -0.189. The summed E-state index contributed by atoms with van der Waals surface area (Å²) in [5.74, 6) is -1.32. The third-order valence-corrected chi connectivity index (χ3v) is 5.10. The highest BCUT2D eigenvalue weighted by atomic mass is 16.7. The largest absolute Gasteiger partial charge is 0.481 e. The Morgan fingerprint density at radius 2 is 2.10 bits per heavy atom. The molecule has 29 heavy (non-hydrogen) atoms. The third-order valence-electron chi connectivity index (χ3n) is 5.10. The predicted octanol–water partition coefficient (Wildman–Crippen LogP) is 2.85. The lowest BCUT2D eigenvalue weighted by Gasteiger charge is -2.38. The highest BCUT2D eigenvalue weighted by Gasteiger charge is 2.38. The summed E-state index contributed by atoms with van der Waals surface area (Å²) >= 11 is 0. The summed E-state index contributed by atoms with van der Waals surface area (Å²) in [6, 6.07) is 7.45. The monoisotopic (exact) mass is 405 g/mol. The molecule has 0 radical (unpaired) electrons.